The normalized spacial score (nSPS) is 22.2. The van der Waals surface area contributed by atoms with Crippen LogP contribution >= 0.6 is 0 Å². The molecule has 17 heavy (non-hydrogen) atoms. The van der Waals surface area contributed by atoms with E-state index in [9.17, 15) is 9.59 Å². The van der Waals surface area contributed by atoms with Crippen LogP contribution in [0.5, 0.6) is 0 Å². The van der Waals surface area contributed by atoms with Crippen LogP contribution in [-0.2, 0) is 9.59 Å². The van der Waals surface area contributed by atoms with Gasteiger partial charge in [0.2, 0.25) is 5.91 Å². The molecule has 5 nitrogen and oxygen atoms in total. The summed E-state index contributed by atoms with van der Waals surface area (Å²) in [7, 11) is 0. The Balaban J connectivity index is 1.70. The highest BCUT2D eigenvalue weighted by molar-refractivity contribution is 5.80. The largest absolute Gasteiger partial charge is 0.481 e. The Labute approximate surface area is 101 Å². The van der Waals surface area contributed by atoms with Gasteiger partial charge in [-0.05, 0) is 12.8 Å². The molecule has 0 radical (unpaired) electrons. The van der Waals surface area contributed by atoms with Crippen LogP contribution in [-0.4, -0.2) is 59.0 Å². The predicted molar refractivity (Wildman–Crippen MR) is 62.7 cm³/mol. The van der Waals surface area contributed by atoms with Crippen LogP contribution in [0.25, 0.3) is 0 Å². The summed E-state index contributed by atoms with van der Waals surface area (Å²) in [4.78, 5) is 26.4. The van der Waals surface area contributed by atoms with Gasteiger partial charge >= 0.3 is 5.97 Å². The molecule has 0 bridgehead atoms. The second kappa shape index (κ2) is 5.49. The molecule has 1 N–H and O–H groups in total. The van der Waals surface area contributed by atoms with E-state index in [1.807, 2.05) is 0 Å². The third-order valence-electron chi connectivity index (χ3n) is 3.81. The van der Waals surface area contributed by atoms with Crippen molar-refractivity contribution in [3.05, 3.63) is 0 Å². The van der Waals surface area contributed by atoms with Crippen molar-refractivity contribution in [2.45, 2.75) is 38.1 Å². The molecule has 0 aromatic heterocycles. The second-order valence-electron chi connectivity index (χ2n) is 4.90. The van der Waals surface area contributed by atoms with E-state index in [2.05, 4.69) is 4.90 Å². The molecule has 96 valence electrons. The number of carboxylic acids is 1. The Bertz CT molecular complexity index is 294. The maximum Gasteiger partial charge on any atom is 0.303 e. The zero-order chi connectivity index (χ0) is 12.3. The molecule has 0 spiro atoms. The van der Waals surface area contributed by atoms with E-state index in [0.717, 1.165) is 32.2 Å². The zero-order valence-electron chi connectivity index (χ0n) is 10.1. The van der Waals surface area contributed by atoms with Gasteiger partial charge in [0, 0.05) is 38.6 Å². The number of hydrogen-bond donors (Lipinski definition) is 1. The molecular weight excluding hydrogens is 220 g/mol. The third kappa shape index (κ3) is 3.19. The summed E-state index contributed by atoms with van der Waals surface area (Å²) in [5.41, 5.74) is 0. The molecule has 1 saturated heterocycles. The maximum absolute atomic E-state index is 11.7. The number of hydrogen-bond acceptors (Lipinski definition) is 3. The Kier molecular flexibility index (Phi) is 3.99. The molecule has 2 fully saturated rings. The van der Waals surface area contributed by atoms with E-state index in [1.165, 1.54) is 19.3 Å². The smallest absolute Gasteiger partial charge is 0.303 e. The average molecular weight is 240 g/mol. The number of rotatable bonds is 4. The van der Waals surface area contributed by atoms with Crippen molar-refractivity contribution < 1.29 is 14.7 Å². The molecule has 0 atom stereocenters. The average Bonchev–Trinajstić information content (AvgIpc) is 2.24. The number of piperazine rings is 1. The summed E-state index contributed by atoms with van der Waals surface area (Å²) in [5.74, 6) is -0.910. The lowest BCUT2D eigenvalue weighted by molar-refractivity contribution is -0.141. The van der Waals surface area contributed by atoms with Gasteiger partial charge in [-0.1, -0.05) is 6.42 Å². The van der Waals surface area contributed by atoms with Crippen LogP contribution in [0.4, 0.5) is 0 Å². The van der Waals surface area contributed by atoms with Crippen LogP contribution < -0.4 is 0 Å². The first-order chi connectivity index (χ1) is 8.16. The van der Waals surface area contributed by atoms with Gasteiger partial charge in [-0.3, -0.25) is 14.5 Å². The highest BCUT2D eigenvalue weighted by Gasteiger charge is 2.29. The molecule has 0 aromatic rings. The van der Waals surface area contributed by atoms with Crippen LogP contribution in [0.2, 0.25) is 0 Å². The number of amides is 1. The Morgan fingerprint density at radius 3 is 2.18 bits per heavy atom. The van der Waals surface area contributed by atoms with Crippen molar-refractivity contribution in [1.29, 1.82) is 0 Å². The number of carboxylic acid groups (broad SMARTS) is 1. The molecule has 5 heteroatoms. The summed E-state index contributed by atoms with van der Waals surface area (Å²) in [6.07, 6.45) is 4.02. The number of carbonyl (C=O) groups excluding carboxylic acids is 1. The predicted octanol–water partition coefficient (Wildman–Crippen LogP) is 0.548. The fourth-order valence-electron chi connectivity index (χ4n) is 2.46. The van der Waals surface area contributed by atoms with Gasteiger partial charge in [0.1, 0.15) is 0 Å². The minimum Gasteiger partial charge on any atom is -0.481 e. The minimum atomic E-state index is -0.897. The molecule has 1 aliphatic carbocycles. The number of carbonyl (C=O) groups is 2. The Morgan fingerprint density at radius 1 is 1.06 bits per heavy atom. The van der Waals surface area contributed by atoms with Crippen molar-refractivity contribution >= 4 is 11.9 Å². The third-order valence-corrected chi connectivity index (χ3v) is 3.81. The van der Waals surface area contributed by atoms with Crippen molar-refractivity contribution in [3.8, 4) is 0 Å². The Morgan fingerprint density at radius 2 is 1.71 bits per heavy atom. The lowest BCUT2D eigenvalue weighted by atomic mass is 9.91. The van der Waals surface area contributed by atoms with Crippen LogP contribution in [0.1, 0.15) is 32.1 Å². The maximum atomic E-state index is 11.7. The summed E-state index contributed by atoms with van der Waals surface area (Å²) in [6.45, 7) is 3.41. The van der Waals surface area contributed by atoms with E-state index in [1.54, 1.807) is 4.90 Å². The molecule has 2 rings (SSSR count). The highest BCUT2D eigenvalue weighted by atomic mass is 16.4. The fourth-order valence-corrected chi connectivity index (χ4v) is 2.46. The van der Waals surface area contributed by atoms with Crippen molar-refractivity contribution in [2.24, 2.45) is 0 Å². The van der Waals surface area contributed by atoms with Gasteiger partial charge in [-0.2, -0.15) is 0 Å². The summed E-state index contributed by atoms with van der Waals surface area (Å²) in [6, 6.07) is 0.742. The SMILES string of the molecule is O=C(O)CCC(=O)N1CCN(C2CCC2)CC1. The fraction of sp³-hybridized carbons (Fsp3) is 0.833. The van der Waals surface area contributed by atoms with Crippen LogP contribution in [0, 0.1) is 0 Å². The highest BCUT2D eigenvalue weighted by Crippen LogP contribution is 2.25. The Hall–Kier alpha value is -1.10. The standard InChI is InChI=1S/C12H20N2O3/c15-11(4-5-12(16)17)14-8-6-13(7-9-14)10-2-1-3-10/h10H,1-9H2,(H,16,17). The molecule has 1 amide bonds. The lowest BCUT2D eigenvalue weighted by Gasteiger charge is -2.42. The summed E-state index contributed by atoms with van der Waals surface area (Å²) < 4.78 is 0. The minimum absolute atomic E-state index is 0.0133. The van der Waals surface area contributed by atoms with Gasteiger partial charge in [0.15, 0.2) is 0 Å². The van der Waals surface area contributed by atoms with E-state index >= 15 is 0 Å². The number of nitrogens with zero attached hydrogens (tertiary/aromatic N) is 2. The number of aliphatic carboxylic acids is 1. The van der Waals surface area contributed by atoms with Gasteiger partial charge in [0.05, 0.1) is 6.42 Å². The monoisotopic (exact) mass is 240 g/mol. The lowest BCUT2D eigenvalue weighted by Crippen LogP contribution is -2.53. The van der Waals surface area contributed by atoms with Crippen LogP contribution in [0.3, 0.4) is 0 Å². The van der Waals surface area contributed by atoms with Gasteiger partial charge < -0.3 is 10.0 Å². The van der Waals surface area contributed by atoms with Gasteiger partial charge in [-0.15, -0.1) is 0 Å². The molecule has 1 heterocycles. The summed E-state index contributed by atoms with van der Waals surface area (Å²) in [5, 5.41) is 8.54. The van der Waals surface area contributed by atoms with Gasteiger partial charge in [0.25, 0.3) is 0 Å². The van der Waals surface area contributed by atoms with E-state index in [-0.39, 0.29) is 18.7 Å². The van der Waals surface area contributed by atoms with Crippen molar-refractivity contribution in [1.82, 2.24) is 9.80 Å². The molecule has 1 aliphatic heterocycles. The first kappa shape index (κ1) is 12.4. The first-order valence-corrected chi connectivity index (χ1v) is 6.40. The summed E-state index contributed by atoms with van der Waals surface area (Å²) >= 11 is 0. The van der Waals surface area contributed by atoms with E-state index in [0.29, 0.717) is 0 Å². The first-order valence-electron chi connectivity index (χ1n) is 6.40. The molecule has 1 saturated carbocycles. The van der Waals surface area contributed by atoms with Crippen molar-refractivity contribution in [2.75, 3.05) is 26.2 Å². The van der Waals surface area contributed by atoms with Crippen molar-refractivity contribution in [3.63, 3.8) is 0 Å². The molecule has 0 aromatic carbocycles. The van der Waals surface area contributed by atoms with E-state index in [4.69, 9.17) is 5.11 Å². The topological polar surface area (TPSA) is 60.9 Å². The molecule has 2 aliphatic rings. The second-order valence-corrected chi connectivity index (χ2v) is 4.90. The van der Waals surface area contributed by atoms with Gasteiger partial charge in [-0.25, -0.2) is 0 Å². The van der Waals surface area contributed by atoms with E-state index < -0.39 is 5.97 Å². The van der Waals surface area contributed by atoms with Crippen LogP contribution in [0.15, 0.2) is 0 Å². The zero-order valence-corrected chi connectivity index (χ0v) is 10.1. The molecule has 0 unspecified atom stereocenters. The molecular formula is C12H20N2O3. The quantitative estimate of drug-likeness (QED) is 0.779.